The van der Waals surface area contributed by atoms with E-state index in [4.69, 9.17) is 46.4 Å². The van der Waals surface area contributed by atoms with Gasteiger partial charge >= 0.3 is 0 Å². The first-order chi connectivity index (χ1) is 20.0. The minimum absolute atomic E-state index is 0.0209. The summed E-state index contributed by atoms with van der Waals surface area (Å²) in [5.74, 6) is -0.958. The third-order valence-corrected chi connectivity index (χ3v) is 10.2. The molecule has 3 aromatic carbocycles. The SMILES string of the molecule is C[C@@H](C(=O)NC1CCCCC1)N(Cc1ccc(Cl)cc1Cl)C(=O)CN(c1ccc(Cl)cc1Cl)S(=O)(=O)c1ccccc1. The van der Waals surface area contributed by atoms with Gasteiger partial charge in [0.05, 0.1) is 15.6 Å². The number of benzene rings is 3. The number of nitrogens with one attached hydrogen (secondary N) is 1. The second-order valence-corrected chi connectivity index (χ2v) is 13.7. The Balaban J connectivity index is 1.71. The molecule has 2 amide bonds. The second kappa shape index (κ2) is 14.3. The van der Waals surface area contributed by atoms with E-state index in [0.717, 1.165) is 36.4 Å². The fraction of sp³-hybridized carbons (Fsp3) is 0.333. The van der Waals surface area contributed by atoms with Gasteiger partial charge in [0.15, 0.2) is 0 Å². The highest BCUT2D eigenvalue weighted by atomic mass is 35.5. The molecule has 1 atom stereocenters. The fourth-order valence-corrected chi connectivity index (χ4v) is 7.38. The molecule has 0 aromatic heterocycles. The van der Waals surface area contributed by atoms with E-state index >= 15 is 0 Å². The van der Waals surface area contributed by atoms with Gasteiger partial charge in [0.2, 0.25) is 11.8 Å². The number of hydrogen-bond acceptors (Lipinski definition) is 4. The highest BCUT2D eigenvalue weighted by Crippen LogP contribution is 2.33. The molecule has 0 unspecified atom stereocenters. The van der Waals surface area contributed by atoms with Crippen molar-refractivity contribution in [2.24, 2.45) is 0 Å². The van der Waals surface area contributed by atoms with Crippen molar-refractivity contribution in [3.8, 4) is 0 Å². The molecule has 42 heavy (non-hydrogen) atoms. The van der Waals surface area contributed by atoms with Crippen LogP contribution in [-0.4, -0.2) is 43.8 Å². The summed E-state index contributed by atoms with van der Waals surface area (Å²) >= 11 is 25.1. The molecule has 7 nitrogen and oxygen atoms in total. The van der Waals surface area contributed by atoms with Gasteiger partial charge in [0.1, 0.15) is 12.6 Å². The normalized spacial score (nSPS) is 14.7. The third kappa shape index (κ3) is 7.91. The number of nitrogens with zero attached hydrogens (tertiary/aromatic N) is 2. The summed E-state index contributed by atoms with van der Waals surface area (Å²) in [6.07, 6.45) is 4.91. The number of anilines is 1. The van der Waals surface area contributed by atoms with Crippen molar-refractivity contribution in [1.29, 1.82) is 0 Å². The Bertz CT molecular complexity index is 1530. The van der Waals surface area contributed by atoms with Crippen LogP contribution in [0.4, 0.5) is 5.69 Å². The van der Waals surface area contributed by atoms with E-state index in [1.807, 2.05) is 0 Å². The highest BCUT2D eigenvalue weighted by molar-refractivity contribution is 7.92. The summed E-state index contributed by atoms with van der Waals surface area (Å²) in [5.41, 5.74) is 0.621. The summed E-state index contributed by atoms with van der Waals surface area (Å²) in [6.45, 7) is 0.928. The molecule has 0 heterocycles. The number of carbonyl (C=O) groups excluding carboxylic acids is 2. The summed E-state index contributed by atoms with van der Waals surface area (Å²) in [6, 6.07) is 16.0. The summed E-state index contributed by atoms with van der Waals surface area (Å²) in [4.78, 5) is 28.8. The number of amides is 2. The van der Waals surface area contributed by atoms with Crippen molar-refractivity contribution in [2.75, 3.05) is 10.8 Å². The fourth-order valence-electron chi connectivity index (χ4n) is 4.90. The maximum atomic E-state index is 14.1. The van der Waals surface area contributed by atoms with Crippen molar-refractivity contribution in [1.82, 2.24) is 10.2 Å². The maximum absolute atomic E-state index is 14.1. The molecule has 1 fully saturated rings. The summed E-state index contributed by atoms with van der Waals surface area (Å²) < 4.78 is 28.7. The van der Waals surface area contributed by atoms with Crippen LogP contribution < -0.4 is 9.62 Å². The molecule has 1 aliphatic rings. The van der Waals surface area contributed by atoms with Crippen LogP contribution in [0.1, 0.15) is 44.6 Å². The predicted molar refractivity (Wildman–Crippen MR) is 169 cm³/mol. The molecule has 0 radical (unpaired) electrons. The molecule has 1 aliphatic carbocycles. The van der Waals surface area contributed by atoms with Crippen LogP contribution in [0.5, 0.6) is 0 Å². The molecule has 0 aliphatic heterocycles. The van der Waals surface area contributed by atoms with E-state index < -0.39 is 28.5 Å². The average Bonchev–Trinajstić information content (AvgIpc) is 2.96. The largest absolute Gasteiger partial charge is 0.352 e. The third-order valence-electron chi connectivity index (χ3n) is 7.26. The molecular formula is C30H31Cl4N3O4S. The van der Waals surface area contributed by atoms with E-state index in [1.54, 1.807) is 43.3 Å². The maximum Gasteiger partial charge on any atom is 0.264 e. The molecule has 0 bridgehead atoms. The number of halogens is 4. The zero-order chi connectivity index (χ0) is 30.4. The van der Waals surface area contributed by atoms with Gasteiger partial charge in [0, 0.05) is 27.7 Å². The van der Waals surface area contributed by atoms with Gasteiger partial charge in [0.25, 0.3) is 10.0 Å². The lowest BCUT2D eigenvalue weighted by Gasteiger charge is -2.33. The van der Waals surface area contributed by atoms with Crippen molar-refractivity contribution in [2.45, 2.75) is 62.6 Å². The average molecular weight is 671 g/mol. The van der Waals surface area contributed by atoms with Crippen LogP contribution in [0.25, 0.3) is 0 Å². The van der Waals surface area contributed by atoms with Gasteiger partial charge < -0.3 is 10.2 Å². The van der Waals surface area contributed by atoms with Crippen molar-refractivity contribution >= 4 is 73.9 Å². The number of hydrogen-bond donors (Lipinski definition) is 1. The standard InChI is InChI=1S/C30H31Cl4N3O4S/c1-20(30(39)35-24-8-4-2-5-9-24)36(18-21-12-13-22(31)16-26(21)33)29(38)19-37(28-15-14-23(32)17-27(28)34)42(40,41)25-10-6-3-7-11-25/h3,6-7,10-17,20,24H,2,4-5,8-9,18-19H2,1H3,(H,35,39)/t20-/m0/s1. The molecule has 224 valence electrons. The van der Waals surface area contributed by atoms with Gasteiger partial charge in [-0.05, 0) is 67.8 Å². The van der Waals surface area contributed by atoms with Gasteiger partial charge in [-0.25, -0.2) is 8.42 Å². The molecular weight excluding hydrogens is 640 g/mol. The van der Waals surface area contributed by atoms with Crippen LogP contribution in [-0.2, 0) is 26.2 Å². The van der Waals surface area contributed by atoms with Crippen molar-refractivity contribution in [3.05, 3.63) is 92.4 Å². The lowest BCUT2D eigenvalue weighted by molar-refractivity contribution is -0.139. The molecule has 1 saturated carbocycles. The predicted octanol–water partition coefficient (Wildman–Crippen LogP) is 7.36. The molecule has 1 N–H and O–H groups in total. The first kappa shape index (κ1) is 32.4. The van der Waals surface area contributed by atoms with Crippen LogP contribution >= 0.6 is 46.4 Å². The van der Waals surface area contributed by atoms with Crippen LogP contribution in [0, 0.1) is 0 Å². The van der Waals surface area contributed by atoms with Crippen LogP contribution in [0.2, 0.25) is 20.1 Å². The second-order valence-electron chi connectivity index (χ2n) is 10.2. The smallest absolute Gasteiger partial charge is 0.264 e. The number of sulfonamides is 1. The van der Waals surface area contributed by atoms with E-state index in [1.165, 1.54) is 35.2 Å². The quantitative estimate of drug-likeness (QED) is 0.244. The number of carbonyl (C=O) groups is 2. The summed E-state index contributed by atoms with van der Waals surface area (Å²) in [7, 11) is -4.26. The molecule has 4 rings (SSSR count). The monoisotopic (exact) mass is 669 g/mol. The zero-order valence-corrected chi connectivity index (χ0v) is 26.7. The molecule has 0 saturated heterocycles. The van der Waals surface area contributed by atoms with Crippen LogP contribution in [0.3, 0.4) is 0 Å². The lowest BCUT2D eigenvalue weighted by Crippen LogP contribution is -2.53. The van der Waals surface area contributed by atoms with Gasteiger partial charge in [-0.3, -0.25) is 13.9 Å². The van der Waals surface area contributed by atoms with E-state index in [9.17, 15) is 18.0 Å². The van der Waals surface area contributed by atoms with Crippen LogP contribution in [0.15, 0.2) is 71.6 Å². The van der Waals surface area contributed by atoms with E-state index in [2.05, 4.69) is 5.32 Å². The van der Waals surface area contributed by atoms with Crippen molar-refractivity contribution in [3.63, 3.8) is 0 Å². The Morgan fingerprint density at radius 3 is 2.12 bits per heavy atom. The highest BCUT2D eigenvalue weighted by Gasteiger charge is 2.34. The molecule has 12 heteroatoms. The van der Waals surface area contributed by atoms with Gasteiger partial charge in [-0.2, -0.15) is 0 Å². The molecule has 3 aromatic rings. The topological polar surface area (TPSA) is 86.8 Å². The van der Waals surface area contributed by atoms with E-state index in [-0.39, 0.29) is 34.1 Å². The van der Waals surface area contributed by atoms with E-state index in [0.29, 0.717) is 20.6 Å². The molecule has 0 spiro atoms. The summed E-state index contributed by atoms with van der Waals surface area (Å²) in [5, 5.41) is 4.15. The zero-order valence-electron chi connectivity index (χ0n) is 22.9. The van der Waals surface area contributed by atoms with Gasteiger partial charge in [-0.1, -0.05) is 89.9 Å². The van der Waals surface area contributed by atoms with Gasteiger partial charge in [-0.15, -0.1) is 0 Å². The first-order valence-electron chi connectivity index (χ1n) is 13.5. The Labute approximate surface area is 266 Å². The van der Waals surface area contributed by atoms with Crippen molar-refractivity contribution < 1.29 is 18.0 Å². The lowest BCUT2D eigenvalue weighted by atomic mass is 9.95. The first-order valence-corrected chi connectivity index (χ1v) is 16.5. The Morgan fingerprint density at radius 1 is 0.881 bits per heavy atom. The number of rotatable bonds is 10. The Kier molecular flexibility index (Phi) is 11.1. The Hall–Kier alpha value is -2.49. The minimum atomic E-state index is -4.26. The minimum Gasteiger partial charge on any atom is -0.352 e. The Morgan fingerprint density at radius 2 is 1.50 bits per heavy atom.